The number of alkyl halides is 3. The fraction of sp³-hybridized carbons (Fsp3) is 0.167. The number of rotatable bonds is 5. The van der Waals surface area contributed by atoms with Gasteiger partial charge in [0.15, 0.2) is 6.61 Å². The van der Waals surface area contributed by atoms with E-state index in [-0.39, 0.29) is 0 Å². The van der Waals surface area contributed by atoms with Gasteiger partial charge < -0.3 is 0 Å². The van der Waals surface area contributed by atoms with E-state index >= 15 is 0 Å². The third-order valence-corrected chi connectivity index (χ3v) is 2.77. The zero-order chi connectivity index (χ0) is 14.4. The number of benzene rings is 1. The standard InChI is InChI=1S/C12H11F3O3S/c13-12(14,15)10-18-19(16,17)9-5-4-8-11-6-2-1-3-7-11/h1-9H,10H2/b8-4+,9-5+. The second-order valence-corrected chi connectivity index (χ2v) is 4.96. The molecule has 0 radical (unpaired) electrons. The summed E-state index contributed by atoms with van der Waals surface area (Å²) in [6.45, 7) is -1.83. The van der Waals surface area contributed by atoms with Gasteiger partial charge in [-0.25, -0.2) is 0 Å². The molecular weight excluding hydrogens is 281 g/mol. The first-order valence-corrected chi connectivity index (χ1v) is 6.62. The SMILES string of the molecule is O=S(=O)(/C=C/C=C/c1ccccc1)OCC(F)(F)F. The summed E-state index contributed by atoms with van der Waals surface area (Å²) in [5, 5.41) is 0.568. The molecule has 0 saturated heterocycles. The van der Waals surface area contributed by atoms with E-state index < -0.39 is 22.9 Å². The van der Waals surface area contributed by atoms with E-state index in [1.165, 1.54) is 6.08 Å². The highest BCUT2D eigenvalue weighted by atomic mass is 32.2. The van der Waals surface area contributed by atoms with Gasteiger partial charge >= 0.3 is 6.18 Å². The molecule has 0 aromatic heterocycles. The van der Waals surface area contributed by atoms with E-state index in [0.717, 1.165) is 11.6 Å². The highest BCUT2D eigenvalue weighted by Gasteiger charge is 2.30. The Morgan fingerprint density at radius 2 is 1.74 bits per heavy atom. The van der Waals surface area contributed by atoms with Gasteiger partial charge in [-0.2, -0.15) is 21.6 Å². The minimum Gasteiger partial charge on any atom is -0.257 e. The summed E-state index contributed by atoms with van der Waals surface area (Å²) in [6, 6.07) is 9.00. The van der Waals surface area contributed by atoms with Crippen LogP contribution in [0.25, 0.3) is 6.08 Å². The summed E-state index contributed by atoms with van der Waals surface area (Å²) >= 11 is 0. The first-order chi connectivity index (χ1) is 8.79. The maximum atomic E-state index is 11.8. The largest absolute Gasteiger partial charge is 0.413 e. The van der Waals surface area contributed by atoms with Crippen LogP contribution in [0.2, 0.25) is 0 Å². The molecule has 0 N–H and O–H groups in total. The van der Waals surface area contributed by atoms with Crippen LogP contribution in [0.5, 0.6) is 0 Å². The van der Waals surface area contributed by atoms with Gasteiger partial charge in [0.25, 0.3) is 10.1 Å². The molecule has 1 aromatic rings. The molecule has 0 fully saturated rings. The number of hydrogen-bond acceptors (Lipinski definition) is 3. The van der Waals surface area contributed by atoms with Crippen LogP contribution >= 0.6 is 0 Å². The maximum absolute atomic E-state index is 11.8. The molecule has 0 atom stereocenters. The van der Waals surface area contributed by atoms with Crippen molar-refractivity contribution in [2.24, 2.45) is 0 Å². The minimum absolute atomic E-state index is 0.568. The molecule has 104 valence electrons. The Bertz CT molecular complexity index is 545. The lowest BCUT2D eigenvalue weighted by molar-refractivity contribution is -0.152. The molecule has 19 heavy (non-hydrogen) atoms. The van der Waals surface area contributed by atoms with E-state index in [9.17, 15) is 21.6 Å². The molecule has 0 spiro atoms. The maximum Gasteiger partial charge on any atom is 0.413 e. The van der Waals surface area contributed by atoms with Crippen molar-refractivity contribution in [3.05, 3.63) is 53.5 Å². The Morgan fingerprint density at radius 1 is 1.11 bits per heavy atom. The van der Waals surface area contributed by atoms with Crippen molar-refractivity contribution >= 4 is 16.2 Å². The molecule has 0 unspecified atom stereocenters. The summed E-state index contributed by atoms with van der Waals surface area (Å²) in [5.74, 6) is 0. The summed E-state index contributed by atoms with van der Waals surface area (Å²) in [6.07, 6.45) is -0.584. The van der Waals surface area contributed by atoms with Gasteiger partial charge in [-0.05, 0) is 11.6 Å². The monoisotopic (exact) mass is 292 g/mol. The zero-order valence-corrected chi connectivity index (χ0v) is 10.5. The molecule has 0 bridgehead atoms. The molecule has 3 nitrogen and oxygen atoms in total. The van der Waals surface area contributed by atoms with Crippen LogP contribution in [0.4, 0.5) is 13.2 Å². The van der Waals surface area contributed by atoms with Gasteiger partial charge in [0.2, 0.25) is 0 Å². The normalized spacial score (nSPS) is 13.4. The number of allylic oxidation sites excluding steroid dienone is 2. The smallest absolute Gasteiger partial charge is 0.257 e. The van der Waals surface area contributed by atoms with Gasteiger partial charge in [0, 0.05) is 0 Å². The van der Waals surface area contributed by atoms with Crippen LogP contribution in [0.15, 0.2) is 47.9 Å². The molecule has 0 aliphatic rings. The second kappa shape index (κ2) is 6.53. The minimum atomic E-state index is -4.68. The predicted octanol–water partition coefficient (Wildman–Crippen LogP) is 3.12. The average molecular weight is 292 g/mol. The van der Waals surface area contributed by atoms with Crippen molar-refractivity contribution in [3.63, 3.8) is 0 Å². The average Bonchev–Trinajstić information content (AvgIpc) is 2.33. The molecule has 1 rings (SSSR count). The zero-order valence-electron chi connectivity index (χ0n) is 9.67. The first-order valence-electron chi connectivity index (χ1n) is 5.14. The Morgan fingerprint density at radius 3 is 2.32 bits per heavy atom. The van der Waals surface area contributed by atoms with Crippen LogP contribution in [-0.2, 0) is 14.3 Å². The third-order valence-electron chi connectivity index (χ3n) is 1.83. The van der Waals surface area contributed by atoms with Crippen molar-refractivity contribution in [2.45, 2.75) is 6.18 Å². The van der Waals surface area contributed by atoms with Crippen LogP contribution < -0.4 is 0 Å². The van der Waals surface area contributed by atoms with Crippen molar-refractivity contribution in [1.29, 1.82) is 0 Å². The van der Waals surface area contributed by atoms with Crippen LogP contribution in [0.1, 0.15) is 5.56 Å². The van der Waals surface area contributed by atoms with Gasteiger partial charge in [-0.1, -0.05) is 42.5 Å². The van der Waals surface area contributed by atoms with Crippen LogP contribution in [0.3, 0.4) is 0 Å². The molecule has 0 heterocycles. The molecule has 0 amide bonds. The topological polar surface area (TPSA) is 43.4 Å². The summed E-state index contributed by atoms with van der Waals surface area (Å²) in [7, 11) is -4.32. The third kappa shape index (κ3) is 7.43. The Kier molecular flexibility index (Phi) is 5.31. The molecule has 1 aromatic carbocycles. The Balaban J connectivity index is 2.54. The van der Waals surface area contributed by atoms with E-state index in [2.05, 4.69) is 4.18 Å². The van der Waals surface area contributed by atoms with E-state index in [1.54, 1.807) is 30.3 Å². The van der Waals surface area contributed by atoms with Gasteiger partial charge in [-0.3, -0.25) is 4.18 Å². The molecule has 0 aliphatic heterocycles. The fourth-order valence-corrected chi connectivity index (χ4v) is 1.72. The highest BCUT2D eigenvalue weighted by Crippen LogP contribution is 2.16. The predicted molar refractivity (Wildman–Crippen MR) is 65.5 cm³/mol. The lowest BCUT2D eigenvalue weighted by Gasteiger charge is -2.04. The van der Waals surface area contributed by atoms with E-state index in [0.29, 0.717) is 5.41 Å². The number of hydrogen-bond donors (Lipinski definition) is 0. The van der Waals surface area contributed by atoms with Crippen LogP contribution in [0, 0.1) is 0 Å². The van der Waals surface area contributed by atoms with Gasteiger partial charge in [0.1, 0.15) is 0 Å². The number of halogens is 3. The molecular formula is C12H11F3O3S. The second-order valence-electron chi connectivity index (χ2n) is 3.47. The molecule has 0 aliphatic carbocycles. The fourth-order valence-electron chi connectivity index (χ4n) is 1.06. The van der Waals surface area contributed by atoms with Gasteiger partial charge in [0.05, 0.1) is 5.41 Å². The van der Waals surface area contributed by atoms with Crippen LogP contribution in [-0.4, -0.2) is 21.2 Å². The van der Waals surface area contributed by atoms with Crippen molar-refractivity contribution < 1.29 is 25.8 Å². The van der Waals surface area contributed by atoms with Crippen molar-refractivity contribution in [3.8, 4) is 0 Å². The lowest BCUT2D eigenvalue weighted by atomic mass is 10.2. The first kappa shape index (κ1) is 15.5. The highest BCUT2D eigenvalue weighted by molar-refractivity contribution is 7.89. The summed E-state index contributed by atoms with van der Waals surface area (Å²) in [5.41, 5.74) is 0.834. The lowest BCUT2D eigenvalue weighted by Crippen LogP contribution is -2.19. The van der Waals surface area contributed by atoms with Gasteiger partial charge in [-0.15, -0.1) is 0 Å². The van der Waals surface area contributed by atoms with E-state index in [1.807, 2.05) is 6.07 Å². The van der Waals surface area contributed by atoms with Crippen molar-refractivity contribution in [1.82, 2.24) is 0 Å². The van der Waals surface area contributed by atoms with Crippen molar-refractivity contribution in [2.75, 3.05) is 6.61 Å². The summed E-state index contributed by atoms with van der Waals surface area (Å²) < 4.78 is 61.2. The molecule has 0 saturated carbocycles. The Hall–Kier alpha value is -1.60. The Labute approximate surface area is 109 Å². The quantitative estimate of drug-likeness (QED) is 0.618. The van der Waals surface area contributed by atoms with E-state index in [4.69, 9.17) is 0 Å². The molecule has 7 heteroatoms. The summed E-state index contributed by atoms with van der Waals surface area (Å²) in [4.78, 5) is 0.